The van der Waals surface area contributed by atoms with Crippen LogP contribution >= 0.6 is 0 Å². The Labute approximate surface area is 69.2 Å². The van der Waals surface area contributed by atoms with Gasteiger partial charge in [0.1, 0.15) is 0 Å². The Morgan fingerprint density at radius 2 is 2.09 bits per heavy atom. The van der Waals surface area contributed by atoms with Crippen molar-refractivity contribution in [2.45, 2.75) is 27.2 Å². The highest BCUT2D eigenvalue weighted by atomic mass is 14.7. The van der Waals surface area contributed by atoms with Gasteiger partial charge in [-0.3, -0.25) is 4.99 Å². The van der Waals surface area contributed by atoms with Crippen molar-refractivity contribution < 1.29 is 0 Å². The maximum absolute atomic E-state index is 5.71. The van der Waals surface area contributed by atoms with E-state index in [0.29, 0.717) is 5.92 Å². The molecule has 0 rings (SSSR count). The molecule has 0 aromatic heterocycles. The first kappa shape index (κ1) is 10.2. The van der Waals surface area contributed by atoms with Gasteiger partial charge < -0.3 is 5.73 Å². The maximum Gasteiger partial charge on any atom is 0.0573 e. The van der Waals surface area contributed by atoms with Gasteiger partial charge >= 0.3 is 0 Å². The summed E-state index contributed by atoms with van der Waals surface area (Å²) in [5, 5.41) is 0. The van der Waals surface area contributed by atoms with Gasteiger partial charge in [0.25, 0.3) is 0 Å². The Morgan fingerprint density at radius 1 is 1.55 bits per heavy atom. The summed E-state index contributed by atoms with van der Waals surface area (Å²) in [6.45, 7) is 6.25. The lowest BCUT2D eigenvalue weighted by Crippen LogP contribution is -2.13. The van der Waals surface area contributed by atoms with E-state index >= 15 is 0 Å². The van der Waals surface area contributed by atoms with Crippen molar-refractivity contribution in [3.05, 3.63) is 11.8 Å². The van der Waals surface area contributed by atoms with Gasteiger partial charge in [-0.2, -0.15) is 0 Å². The van der Waals surface area contributed by atoms with E-state index in [-0.39, 0.29) is 0 Å². The largest absolute Gasteiger partial charge is 0.398 e. The average molecular weight is 154 g/mol. The second-order valence-corrected chi connectivity index (χ2v) is 3.01. The molecule has 0 amide bonds. The molecule has 0 unspecified atom stereocenters. The van der Waals surface area contributed by atoms with Crippen molar-refractivity contribution in [1.82, 2.24) is 0 Å². The van der Waals surface area contributed by atoms with Crippen LogP contribution in [-0.4, -0.2) is 12.8 Å². The van der Waals surface area contributed by atoms with E-state index in [2.05, 4.69) is 18.8 Å². The van der Waals surface area contributed by atoms with Crippen LogP contribution in [-0.2, 0) is 0 Å². The van der Waals surface area contributed by atoms with Crippen LogP contribution in [0.3, 0.4) is 0 Å². The fourth-order valence-electron chi connectivity index (χ4n) is 0.892. The second-order valence-electron chi connectivity index (χ2n) is 3.01. The van der Waals surface area contributed by atoms with Crippen LogP contribution in [0.2, 0.25) is 0 Å². The molecular formula is C9H18N2. The lowest BCUT2D eigenvalue weighted by molar-refractivity contribution is 0.682. The van der Waals surface area contributed by atoms with Crippen LogP contribution in [0.15, 0.2) is 16.8 Å². The summed E-state index contributed by atoms with van der Waals surface area (Å²) >= 11 is 0. The van der Waals surface area contributed by atoms with Crippen molar-refractivity contribution in [3.63, 3.8) is 0 Å². The van der Waals surface area contributed by atoms with E-state index < -0.39 is 0 Å². The highest BCUT2D eigenvalue weighted by molar-refractivity contribution is 5.99. The van der Waals surface area contributed by atoms with Crippen molar-refractivity contribution in [1.29, 1.82) is 0 Å². The van der Waals surface area contributed by atoms with E-state index in [9.17, 15) is 0 Å². The number of hydrogen-bond acceptors (Lipinski definition) is 2. The molecule has 0 atom stereocenters. The molecule has 0 aromatic carbocycles. The van der Waals surface area contributed by atoms with E-state index in [1.54, 1.807) is 7.05 Å². The summed E-state index contributed by atoms with van der Waals surface area (Å²) in [7, 11) is 1.79. The third-order valence-corrected chi connectivity index (χ3v) is 1.52. The number of rotatable bonds is 3. The second kappa shape index (κ2) is 4.94. The zero-order valence-electron chi connectivity index (χ0n) is 7.89. The summed E-state index contributed by atoms with van der Waals surface area (Å²) in [6, 6.07) is 0. The first-order valence-electron chi connectivity index (χ1n) is 3.99. The molecule has 0 heterocycles. The molecule has 0 aliphatic carbocycles. The molecule has 0 radical (unpaired) electrons. The molecule has 2 heteroatoms. The number of nitrogens with zero attached hydrogens (tertiary/aromatic N) is 1. The summed E-state index contributed by atoms with van der Waals surface area (Å²) in [5.41, 5.74) is 7.53. The Morgan fingerprint density at radius 3 is 2.36 bits per heavy atom. The molecule has 0 aliphatic rings. The predicted molar refractivity (Wildman–Crippen MR) is 50.8 cm³/mol. The fourth-order valence-corrected chi connectivity index (χ4v) is 0.892. The highest BCUT2D eigenvalue weighted by Crippen LogP contribution is 2.05. The number of allylic oxidation sites excluding steroid dienone is 2. The third kappa shape index (κ3) is 3.81. The molecule has 0 bridgehead atoms. The monoisotopic (exact) mass is 154 g/mol. The number of nitrogens with two attached hydrogens (primary N) is 1. The minimum atomic E-state index is 0.618. The van der Waals surface area contributed by atoms with Gasteiger partial charge in [0.05, 0.1) is 5.71 Å². The van der Waals surface area contributed by atoms with Crippen molar-refractivity contribution >= 4 is 5.71 Å². The molecule has 0 fully saturated rings. The molecule has 0 saturated heterocycles. The van der Waals surface area contributed by atoms with Crippen molar-refractivity contribution in [2.75, 3.05) is 7.05 Å². The lowest BCUT2D eigenvalue weighted by atomic mass is 10.0. The zero-order chi connectivity index (χ0) is 8.85. The maximum atomic E-state index is 5.71. The van der Waals surface area contributed by atoms with Gasteiger partial charge in [-0.05, 0) is 19.3 Å². The fraction of sp³-hybridized carbons (Fsp3) is 0.667. The molecule has 11 heavy (non-hydrogen) atoms. The minimum absolute atomic E-state index is 0.618. The number of aliphatic imine (C=N–C) groups is 1. The standard InChI is InChI=1S/C9H18N2/c1-5-8(10)9(11-4)6-7(2)3/h5,7H,6,10H2,1-4H3/b8-5+,11-9?. The van der Waals surface area contributed by atoms with E-state index in [4.69, 9.17) is 5.73 Å². The molecule has 2 N–H and O–H groups in total. The van der Waals surface area contributed by atoms with Crippen LogP contribution in [0.1, 0.15) is 27.2 Å². The van der Waals surface area contributed by atoms with Gasteiger partial charge in [-0.1, -0.05) is 19.9 Å². The Kier molecular flexibility index (Phi) is 4.59. The summed E-state index contributed by atoms with van der Waals surface area (Å²) < 4.78 is 0. The quantitative estimate of drug-likeness (QED) is 0.620. The predicted octanol–water partition coefficient (Wildman–Crippen LogP) is 1.97. The Hall–Kier alpha value is -0.790. The van der Waals surface area contributed by atoms with Crippen molar-refractivity contribution in [2.24, 2.45) is 16.6 Å². The molecule has 2 nitrogen and oxygen atoms in total. The molecular weight excluding hydrogens is 136 g/mol. The molecule has 0 aromatic rings. The number of hydrogen-bond donors (Lipinski definition) is 1. The first-order valence-corrected chi connectivity index (χ1v) is 3.99. The van der Waals surface area contributed by atoms with Gasteiger partial charge in [0, 0.05) is 12.7 Å². The van der Waals surface area contributed by atoms with Crippen LogP contribution in [0.5, 0.6) is 0 Å². The smallest absolute Gasteiger partial charge is 0.0573 e. The zero-order valence-corrected chi connectivity index (χ0v) is 7.89. The lowest BCUT2D eigenvalue weighted by Gasteiger charge is -2.07. The highest BCUT2D eigenvalue weighted by Gasteiger charge is 2.03. The topological polar surface area (TPSA) is 38.4 Å². The van der Waals surface area contributed by atoms with E-state index in [1.807, 2.05) is 13.0 Å². The van der Waals surface area contributed by atoms with E-state index in [0.717, 1.165) is 17.8 Å². The van der Waals surface area contributed by atoms with E-state index in [1.165, 1.54) is 0 Å². The Balaban J connectivity index is 4.21. The van der Waals surface area contributed by atoms with Crippen LogP contribution in [0, 0.1) is 5.92 Å². The van der Waals surface area contributed by atoms with Crippen molar-refractivity contribution in [3.8, 4) is 0 Å². The normalized spacial score (nSPS) is 14.3. The first-order chi connectivity index (χ1) is 5.11. The summed E-state index contributed by atoms with van der Waals surface area (Å²) in [6.07, 6.45) is 2.86. The molecule has 0 spiro atoms. The van der Waals surface area contributed by atoms with Crippen LogP contribution in [0.25, 0.3) is 0 Å². The molecule has 0 saturated carbocycles. The van der Waals surface area contributed by atoms with Crippen LogP contribution < -0.4 is 5.73 Å². The Bertz CT molecular complexity index is 166. The molecule has 0 aliphatic heterocycles. The summed E-state index contributed by atoms with van der Waals surface area (Å²) in [5.74, 6) is 0.618. The summed E-state index contributed by atoms with van der Waals surface area (Å²) in [4.78, 5) is 4.12. The van der Waals surface area contributed by atoms with Gasteiger partial charge in [0.15, 0.2) is 0 Å². The minimum Gasteiger partial charge on any atom is -0.398 e. The van der Waals surface area contributed by atoms with Gasteiger partial charge in [-0.25, -0.2) is 0 Å². The van der Waals surface area contributed by atoms with Crippen LogP contribution in [0.4, 0.5) is 0 Å². The van der Waals surface area contributed by atoms with Gasteiger partial charge in [0.2, 0.25) is 0 Å². The molecule has 64 valence electrons. The third-order valence-electron chi connectivity index (χ3n) is 1.52. The SMILES string of the molecule is C/C=C(/N)C(CC(C)C)=NC. The van der Waals surface area contributed by atoms with Gasteiger partial charge in [-0.15, -0.1) is 0 Å². The average Bonchev–Trinajstić information content (AvgIpc) is 1.98.